The molecule has 1 unspecified atom stereocenters. The Kier molecular flexibility index (Phi) is 3.70. The average Bonchev–Trinajstić information content (AvgIpc) is 2.47. The normalized spacial score (nSPS) is 19.6. The van der Waals surface area contributed by atoms with Crippen molar-refractivity contribution in [3.63, 3.8) is 0 Å². The van der Waals surface area contributed by atoms with Gasteiger partial charge in [0.05, 0.1) is 5.92 Å². The zero-order chi connectivity index (χ0) is 13.9. The highest BCUT2D eigenvalue weighted by Gasteiger charge is 2.23. The molecule has 0 fully saturated rings. The fourth-order valence-corrected chi connectivity index (χ4v) is 3.03. The lowest BCUT2D eigenvalue weighted by Crippen LogP contribution is -2.13. The standard InChI is InChI=1S/C18H15ClO/c19-16-6-3-4-13(11-16)10-15-9-8-14-5-1-2-7-17(14)18(15)12-20/h1-7,10-12,18H,8-9H2. The largest absolute Gasteiger partial charge is 0.302 e. The minimum absolute atomic E-state index is 0.126. The second-order valence-electron chi connectivity index (χ2n) is 5.09. The van der Waals surface area contributed by atoms with Crippen molar-refractivity contribution < 1.29 is 4.79 Å². The van der Waals surface area contributed by atoms with Crippen molar-refractivity contribution in [1.29, 1.82) is 0 Å². The molecule has 0 bridgehead atoms. The molecule has 2 aromatic carbocycles. The van der Waals surface area contributed by atoms with Crippen molar-refractivity contribution >= 4 is 24.0 Å². The average molecular weight is 283 g/mol. The van der Waals surface area contributed by atoms with E-state index in [0.717, 1.165) is 35.3 Å². The van der Waals surface area contributed by atoms with Crippen molar-refractivity contribution in [2.75, 3.05) is 0 Å². The Labute approximate surface area is 123 Å². The third-order valence-corrected chi connectivity index (χ3v) is 4.04. The first-order valence-electron chi connectivity index (χ1n) is 6.77. The van der Waals surface area contributed by atoms with E-state index in [1.165, 1.54) is 11.1 Å². The summed E-state index contributed by atoms with van der Waals surface area (Å²) in [4.78, 5) is 11.5. The van der Waals surface area contributed by atoms with Gasteiger partial charge in [-0.2, -0.15) is 0 Å². The fourth-order valence-electron chi connectivity index (χ4n) is 2.83. The predicted molar refractivity (Wildman–Crippen MR) is 83.0 cm³/mol. The smallest absolute Gasteiger partial charge is 0.131 e. The molecule has 0 heterocycles. The molecule has 20 heavy (non-hydrogen) atoms. The third kappa shape index (κ3) is 2.54. The summed E-state index contributed by atoms with van der Waals surface area (Å²) in [5, 5.41) is 0.721. The van der Waals surface area contributed by atoms with Gasteiger partial charge in [-0.15, -0.1) is 0 Å². The number of allylic oxidation sites excluding steroid dienone is 1. The Morgan fingerprint density at radius 3 is 2.70 bits per heavy atom. The van der Waals surface area contributed by atoms with Crippen molar-refractivity contribution in [1.82, 2.24) is 0 Å². The Morgan fingerprint density at radius 1 is 1.05 bits per heavy atom. The Morgan fingerprint density at radius 2 is 1.90 bits per heavy atom. The van der Waals surface area contributed by atoms with E-state index in [1.54, 1.807) is 0 Å². The summed E-state index contributed by atoms with van der Waals surface area (Å²) in [5.41, 5.74) is 4.65. The highest BCUT2D eigenvalue weighted by Crippen LogP contribution is 2.35. The highest BCUT2D eigenvalue weighted by molar-refractivity contribution is 6.30. The van der Waals surface area contributed by atoms with E-state index in [2.05, 4.69) is 18.2 Å². The van der Waals surface area contributed by atoms with Crippen LogP contribution in [-0.2, 0) is 11.2 Å². The van der Waals surface area contributed by atoms with Crippen LogP contribution in [0.15, 0.2) is 54.1 Å². The number of carbonyl (C=O) groups excluding carboxylic acids is 1. The maximum atomic E-state index is 11.5. The van der Waals surface area contributed by atoms with Crippen molar-refractivity contribution in [2.45, 2.75) is 18.8 Å². The second-order valence-corrected chi connectivity index (χ2v) is 5.52. The number of halogens is 1. The molecule has 0 saturated carbocycles. The van der Waals surface area contributed by atoms with Gasteiger partial charge in [-0.05, 0) is 41.7 Å². The monoisotopic (exact) mass is 282 g/mol. The lowest BCUT2D eigenvalue weighted by Gasteiger charge is -2.24. The molecule has 2 aromatic rings. The molecule has 0 aliphatic heterocycles. The zero-order valence-corrected chi connectivity index (χ0v) is 11.8. The zero-order valence-electron chi connectivity index (χ0n) is 11.1. The van der Waals surface area contributed by atoms with Gasteiger partial charge in [0.2, 0.25) is 0 Å². The van der Waals surface area contributed by atoms with Crippen LogP contribution in [0.1, 0.15) is 29.0 Å². The van der Waals surface area contributed by atoms with E-state index in [1.807, 2.05) is 36.4 Å². The minimum atomic E-state index is -0.126. The molecule has 0 spiro atoms. The summed E-state index contributed by atoms with van der Waals surface area (Å²) in [6.45, 7) is 0. The molecule has 100 valence electrons. The van der Waals surface area contributed by atoms with Gasteiger partial charge >= 0.3 is 0 Å². The summed E-state index contributed by atoms with van der Waals surface area (Å²) < 4.78 is 0. The molecule has 3 rings (SSSR count). The van der Waals surface area contributed by atoms with Crippen LogP contribution in [-0.4, -0.2) is 6.29 Å². The Bertz CT molecular complexity index is 673. The molecule has 0 saturated heterocycles. The van der Waals surface area contributed by atoms with Gasteiger partial charge in [0, 0.05) is 5.02 Å². The minimum Gasteiger partial charge on any atom is -0.302 e. The number of fused-ring (bicyclic) bond motifs is 1. The molecule has 2 heteroatoms. The summed E-state index contributed by atoms with van der Waals surface area (Å²) in [5.74, 6) is -0.126. The summed E-state index contributed by atoms with van der Waals surface area (Å²) >= 11 is 6.02. The molecule has 0 radical (unpaired) electrons. The van der Waals surface area contributed by atoms with Crippen molar-refractivity contribution in [3.05, 3.63) is 75.8 Å². The lowest BCUT2D eigenvalue weighted by molar-refractivity contribution is -0.108. The SMILES string of the molecule is O=CC1C(=Cc2cccc(Cl)c2)CCc2ccccc21. The maximum Gasteiger partial charge on any atom is 0.131 e. The van der Waals surface area contributed by atoms with Crippen LogP contribution >= 0.6 is 11.6 Å². The van der Waals surface area contributed by atoms with Gasteiger partial charge in [0.1, 0.15) is 6.29 Å². The van der Waals surface area contributed by atoms with E-state index in [4.69, 9.17) is 11.6 Å². The number of aldehydes is 1. The number of carbonyl (C=O) groups is 1. The predicted octanol–water partition coefficient (Wildman–Crippen LogP) is 4.65. The first-order valence-corrected chi connectivity index (χ1v) is 7.15. The van der Waals surface area contributed by atoms with Crippen LogP contribution in [0.4, 0.5) is 0 Å². The first kappa shape index (κ1) is 13.1. The first-order chi connectivity index (χ1) is 9.78. The lowest BCUT2D eigenvalue weighted by atomic mass is 9.79. The fraction of sp³-hybridized carbons (Fsp3) is 0.167. The van der Waals surface area contributed by atoms with Gasteiger partial charge in [-0.3, -0.25) is 0 Å². The highest BCUT2D eigenvalue weighted by atomic mass is 35.5. The van der Waals surface area contributed by atoms with Crippen molar-refractivity contribution in [2.24, 2.45) is 0 Å². The van der Waals surface area contributed by atoms with Crippen LogP contribution in [0.2, 0.25) is 5.02 Å². The van der Waals surface area contributed by atoms with Gasteiger partial charge < -0.3 is 4.79 Å². The number of aryl methyl sites for hydroxylation is 1. The third-order valence-electron chi connectivity index (χ3n) is 3.81. The molecule has 1 aliphatic rings. The summed E-state index contributed by atoms with van der Waals surface area (Å²) in [6.07, 6.45) is 5.06. The molecule has 1 atom stereocenters. The molecule has 1 aliphatic carbocycles. The molecule has 0 amide bonds. The number of rotatable bonds is 2. The molecule has 0 aromatic heterocycles. The quantitative estimate of drug-likeness (QED) is 0.733. The van der Waals surface area contributed by atoms with Crippen LogP contribution in [0.5, 0.6) is 0 Å². The van der Waals surface area contributed by atoms with Gasteiger partial charge in [0.25, 0.3) is 0 Å². The van der Waals surface area contributed by atoms with Crippen molar-refractivity contribution in [3.8, 4) is 0 Å². The van der Waals surface area contributed by atoms with Crippen LogP contribution < -0.4 is 0 Å². The van der Waals surface area contributed by atoms with Crippen LogP contribution in [0, 0.1) is 0 Å². The van der Waals surface area contributed by atoms with Gasteiger partial charge in [-0.1, -0.05) is 59.6 Å². The number of hydrogen-bond acceptors (Lipinski definition) is 1. The van der Waals surface area contributed by atoms with E-state index < -0.39 is 0 Å². The molecule has 0 N–H and O–H groups in total. The molecular weight excluding hydrogens is 268 g/mol. The Hall–Kier alpha value is -1.86. The summed E-state index contributed by atoms with van der Waals surface area (Å²) in [7, 11) is 0. The van der Waals surface area contributed by atoms with E-state index in [9.17, 15) is 4.79 Å². The topological polar surface area (TPSA) is 17.1 Å². The van der Waals surface area contributed by atoms with E-state index in [-0.39, 0.29) is 5.92 Å². The molecule has 1 nitrogen and oxygen atoms in total. The number of hydrogen-bond donors (Lipinski definition) is 0. The second kappa shape index (κ2) is 5.64. The van der Waals surface area contributed by atoms with Crippen LogP contribution in [0.3, 0.4) is 0 Å². The molecular formula is C18H15ClO. The van der Waals surface area contributed by atoms with Crippen LogP contribution in [0.25, 0.3) is 6.08 Å². The summed E-state index contributed by atoms with van der Waals surface area (Å²) in [6, 6.07) is 15.9. The Balaban J connectivity index is 2.01. The number of benzene rings is 2. The van der Waals surface area contributed by atoms with Gasteiger partial charge in [-0.25, -0.2) is 0 Å². The van der Waals surface area contributed by atoms with E-state index >= 15 is 0 Å². The van der Waals surface area contributed by atoms with E-state index in [0.29, 0.717) is 0 Å². The maximum absolute atomic E-state index is 11.5. The van der Waals surface area contributed by atoms with Gasteiger partial charge in [0.15, 0.2) is 0 Å².